The van der Waals surface area contributed by atoms with Gasteiger partial charge in [-0.15, -0.1) is 0 Å². The van der Waals surface area contributed by atoms with E-state index in [1.807, 2.05) is 73.1 Å². The van der Waals surface area contributed by atoms with E-state index >= 15 is 0 Å². The van der Waals surface area contributed by atoms with Gasteiger partial charge >= 0.3 is 0 Å². The van der Waals surface area contributed by atoms with Crippen LogP contribution in [0.1, 0.15) is 30.5 Å². The van der Waals surface area contributed by atoms with Crippen LogP contribution in [0.4, 0.5) is 5.69 Å². The molecular weight excluding hydrogens is 364 g/mol. The van der Waals surface area contributed by atoms with Crippen LogP contribution in [0.5, 0.6) is 0 Å². The maximum atomic E-state index is 12.8. The molecule has 1 fully saturated rings. The number of benzene rings is 2. The first-order valence-corrected chi connectivity index (χ1v) is 9.77. The molecule has 0 aliphatic carbocycles. The topological polar surface area (TPSA) is 67.2 Å². The molecule has 0 saturated carbocycles. The summed E-state index contributed by atoms with van der Waals surface area (Å²) in [6.45, 7) is 4.38. The van der Waals surface area contributed by atoms with Crippen molar-refractivity contribution in [2.45, 2.75) is 26.3 Å². The van der Waals surface area contributed by atoms with Gasteiger partial charge in [-0.25, -0.2) is 4.98 Å². The third kappa shape index (κ3) is 4.06. The molecular formula is C23H24N4O2. The Hall–Kier alpha value is -3.41. The lowest BCUT2D eigenvalue weighted by Crippen LogP contribution is -2.34. The number of anilines is 1. The minimum Gasteiger partial charge on any atom is -0.349 e. The molecule has 1 aromatic heterocycles. The largest absolute Gasteiger partial charge is 0.349 e. The molecule has 0 unspecified atom stereocenters. The van der Waals surface area contributed by atoms with Crippen molar-refractivity contribution in [3.05, 3.63) is 78.4 Å². The fourth-order valence-electron chi connectivity index (χ4n) is 3.62. The van der Waals surface area contributed by atoms with E-state index in [0.717, 1.165) is 22.5 Å². The van der Waals surface area contributed by atoms with Gasteiger partial charge in [0.1, 0.15) is 0 Å². The number of carbonyl (C=O) groups excluding carboxylic acids is 2. The maximum Gasteiger partial charge on any atom is 0.227 e. The number of hydrogen-bond acceptors (Lipinski definition) is 3. The number of rotatable bonds is 5. The second-order valence-electron chi connectivity index (χ2n) is 7.53. The van der Waals surface area contributed by atoms with Crippen LogP contribution in [-0.2, 0) is 9.59 Å². The molecule has 6 nitrogen and oxygen atoms in total. The van der Waals surface area contributed by atoms with Crippen LogP contribution >= 0.6 is 0 Å². The van der Waals surface area contributed by atoms with Crippen molar-refractivity contribution in [1.29, 1.82) is 0 Å². The highest BCUT2D eigenvalue weighted by Crippen LogP contribution is 2.26. The number of hydrogen-bond donors (Lipinski definition) is 1. The predicted octanol–water partition coefficient (Wildman–Crippen LogP) is 3.41. The van der Waals surface area contributed by atoms with Crippen molar-refractivity contribution in [2.75, 3.05) is 11.4 Å². The minimum absolute atomic E-state index is 0.00802. The van der Waals surface area contributed by atoms with Crippen LogP contribution in [0.2, 0.25) is 0 Å². The van der Waals surface area contributed by atoms with E-state index in [9.17, 15) is 9.59 Å². The Kier molecular flexibility index (Phi) is 5.16. The Morgan fingerprint density at radius 3 is 2.45 bits per heavy atom. The number of amides is 2. The molecule has 148 valence electrons. The SMILES string of the molecule is Cc1ccc(N2C[C@@H](C(=O)N[C@@H](C)c3ccc(-n4ccnc4)cc3)CC2=O)cc1. The summed E-state index contributed by atoms with van der Waals surface area (Å²) in [4.78, 5) is 30.9. The minimum atomic E-state index is -0.337. The Bertz CT molecular complexity index is 994. The Labute approximate surface area is 170 Å². The molecule has 3 aromatic rings. The highest BCUT2D eigenvalue weighted by molar-refractivity contribution is 6.00. The van der Waals surface area contributed by atoms with Gasteiger partial charge in [0.15, 0.2) is 0 Å². The van der Waals surface area contributed by atoms with E-state index in [0.29, 0.717) is 6.54 Å². The number of nitrogens with zero attached hydrogens (tertiary/aromatic N) is 3. The summed E-state index contributed by atoms with van der Waals surface area (Å²) in [5.74, 6) is -0.429. The summed E-state index contributed by atoms with van der Waals surface area (Å²) < 4.78 is 1.93. The molecule has 2 atom stereocenters. The quantitative estimate of drug-likeness (QED) is 0.728. The first kappa shape index (κ1) is 18.9. The number of imidazole rings is 1. The molecule has 1 saturated heterocycles. The zero-order valence-electron chi connectivity index (χ0n) is 16.6. The van der Waals surface area contributed by atoms with Crippen LogP contribution in [0.25, 0.3) is 5.69 Å². The van der Waals surface area contributed by atoms with E-state index in [-0.39, 0.29) is 30.2 Å². The Morgan fingerprint density at radius 1 is 1.10 bits per heavy atom. The van der Waals surface area contributed by atoms with Gasteiger partial charge in [-0.1, -0.05) is 29.8 Å². The average molecular weight is 388 g/mol. The van der Waals surface area contributed by atoms with Crippen molar-refractivity contribution in [3.63, 3.8) is 0 Å². The number of carbonyl (C=O) groups is 2. The van der Waals surface area contributed by atoms with Crippen molar-refractivity contribution in [3.8, 4) is 5.69 Å². The van der Waals surface area contributed by atoms with Gasteiger partial charge in [-0.3, -0.25) is 9.59 Å². The predicted molar refractivity (Wildman–Crippen MR) is 112 cm³/mol. The molecule has 0 radical (unpaired) electrons. The molecule has 2 aromatic carbocycles. The van der Waals surface area contributed by atoms with Gasteiger partial charge in [0, 0.05) is 36.7 Å². The normalized spacial score (nSPS) is 17.4. The zero-order chi connectivity index (χ0) is 20.4. The van der Waals surface area contributed by atoms with Crippen LogP contribution in [-0.4, -0.2) is 27.9 Å². The summed E-state index contributed by atoms with van der Waals surface area (Å²) in [7, 11) is 0. The van der Waals surface area contributed by atoms with Gasteiger partial charge < -0.3 is 14.8 Å². The molecule has 0 bridgehead atoms. The monoisotopic (exact) mass is 388 g/mol. The van der Waals surface area contributed by atoms with Crippen LogP contribution < -0.4 is 10.2 Å². The van der Waals surface area contributed by atoms with Crippen molar-refractivity contribution in [1.82, 2.24) is 14.9 Å². The van der Waals surface area contributed by atoms with Crippen LogP contribution in [0, 0.1) is 12.8 Å². The average Bonchev–Trinajstić information content (AvgIpc) is 3.39. The second kappa shape index (κ2) is 7.91. The molecule has 1 aliphatic heterocycles. The Morgan fingerprint density at radius 2 is 1.79 bits per heavy atom. The number of nitrogens with one attached hydrogen (secondary N) is 1. The fourth-order valence-corrected chi connectivity index (χ4v) is 3.62. The fraction of sp³-hybridized carbons (Fsp3) is 0.261. The summed E-state index contributed by atoms with van der Waals surface area (Å²) >= 11 is 0. The first-order valence-electron chi connectivity index (χ1n) is 9.77. The van der Waals surface area contributed by atoms with E-state index in [2.05, 4.69) is 10.3 Å². The van der Waals surface area contributed by atoms with Gasteiger partial charge in [0.05, 0.1) is 18.3 Å². The highest BCUT2D eigenvalue weighted by Gasteiger charge is 2.35. The standard InChI is InChI=1S/C23H24N4O2/c1-16-3-7-21(8-4-16)27-14-19(13-22(27)28)23(29)25-17(2)18-5-9-20(10-6-18)26-12-11-24-15-26/h3-12,15,17,19H,13-14H2,1-2H3,(H,25,29)/t17-,19-/m0/s1. The van der Waals surface area contributed by atoms with Crippen LogP contribution in [0.3, 0.4) is 0 Å². The zero-order valence-corrected chi connectivity index (χ0v) is 16.6. The molecule has 1 N–H and O–H groups in total. The summed E-state index contributed by atoms with van der Waals surface area (Å²) in [6, 6.07) is 15.7. The van der Waals surface area contributed by atoms with Crippen LogP contribution in [0.15, 0.2) is 67.3 Å². The van der Waals surface area contributed by atoms with Crippen molar-refractivity contribution >= 4 is 17.5 Å². The number of aryl methyl sites for hydroxylation is 1. The molecule has 6 heteroatoms. The second-order valence-corrected chi connectivity index (χ2v) is 7.53. The smallest absolute Gasteiger partial charge is 0.227 e. The molecule has 4 rings (SSSR count). The first-order chi connectivity index (χ1) is 14.0. The van der Waals surface area contributed by atoms with E-state index in [1.54, 1.807) is 17.4 Å². The lowest BCUT2D eigenvalue weighted by atomic mass is 10.0. The molecule has 1 aliphatic rings. The lowest BCUT2D eigenvalue weighted by Gasteiger charge is -2.19. The van der Waals surface area contributed by atoms with Gasteiger partial charge in [-0.05, 0) is 43.7 Å². The third-order valence-electron chi connectivity index (χ3n) is 5.40. The third-order valence-corrected chi connectivity index (χ3v) is 5.40. The molecule has 2 amide bonds. The summed E-state index contributed by atoms with van der Waals surface area (Å²) in [5, 5.41) is 3.06. The van der Waals surface area contributed by atoms with Gasteiger partial charge in [0.2, 0.25) is 11.8 Å². The van der Waals surface area contributed by atoms with E-state index in [4.69, 9.17) is 0 Å². The van der Waals surface area contributed by atoms with Crippen molar-refractivity contribution < 1.29 is 9.59 Å². The van der Waals surface area contributed by atoms with Gasteiger partial charge in [-0.2, -0.15) is 0 Å². The lowest BCUT2D eigenvalue weighted by molar-refractivity contribution is -0.126. The molecule has 29 heavy (non-hydrogen) atoms. The summed E-state index contributed by atoms with van der Waals surface area (Å²) in [5.41, 5.74) is 4.02. The molecule has 2 heterocycles. The van der Waals surface area contributed by atoms with Gasteiger partial charge in [0.25, 0.3) is 0 Å². The van der Waals surface area contributed by atoms with Crippen molar-refractivity contribution in [2.24, 2.45) is 5.92 Å². The number of aromatic nitrogens is 2. The van der Waals surface area contributed by atoms with E-state index < -0.39 is 0 Å². The Balaban J connectivity index is 1.38. The molecule has 0 spiro atoms. The highest BCUT2D eigenvalue weighted by atomic mass is 16.2. The summed E-state index contributed by atoms with van der Waals surface area (Å²) in [6.07, 6.45) is 5.61. The van der Waals surface area contributed by atoms with E-state index in [1.165, 1.54) is 0 Å². The maximum absolute atomic E-state index is 12.8.